The Balaban J connectivity index is 1.74. The average Bonchev–Trinajstić information content (AvgIpc) is 3.49. The first-order chi connectivity index (χ1) is 13.1. The van der Waals surface area contributed by atoms with E-state index in [9.17, 15) is 10.2 Å². The van der Waals surface area contributed by atoms with E-state index in [0.29, 0.717) is 13.0 Å². The lowest BCUT2D eigenvalue weighted by Gasteiger charge is -2.35. The van der Waals surface area contributed by atoms with Crippen LogP contribution in [0.25, 0.3) is 0 Å². The third-order valence-electron chi connectivity index (χ3n) is 5.39. The molecule has 2 aliphatic rings. The summed E-state index contributed by atoms with van der Waals surface area (Å²) < 4.78 is 11.4. The maximum Gasteiger partial charge on any atom is 0.118 e. The van der Waals surface area contributed by atoms with Crippen LogP contribution in [-0.2, 0) is 9.47 Å². The molecule has 3 unspecified atom stereocenters. The molecule has 0 bridgehead atoms. The zero-order chi connectivity index (χ0) is 19.5. The molecule has 2 rings (SSSR count). The summed E-state index contributed by atoms with van der Waals surface area (Å²) in [6.45, 7) is 3.37. The summed E-state index contributed by atoms with van der Waals surface area (Å²) in [7, 11) is 0. The number of nitrogens with one attached hydrogen (secondary N) is 1. The molecule has 1 heterocycles. The molecule has 0 spiro atoms. The fraction of sp³-hybridized carbons (Fsp3) is 0.810. The van der Waals surface area contributed by atoms with Crippen LogP contribution in [0.5, 0.6) is 0 Å². The minimum atomic E-state index is -1.40. The zero-order valence-corrected chi connectivity index (χ0v) is 16.7. The molecule has 1 aliphatic carbocycles. The van der Waals surface area contributed by atoms with Gasteiger partial charge in [-0.2, -0.15) is 0 Å². The quantitative estimate of drug-likeness (QED) is 0.324. The van der Waals surface area contributed by atoms with Crippen molar-refractivity contribution in [3.05, 3.63) is 24.1 Å². The van der Waals surface area contributed by atoms with E-state index < -0.39 is 18.2 Å². The highest BCUT2D eigenvalue weighted by atomic mass is 16.5. The van der Waals surface area contributed by atoms with Crippen LogP contribution < -0.4 is 11.1 Å². The Kier molecular flexibility index (Phi) is 9.62. The smallest absolute Gasteiger partial charge is 0.118 e. The van der Waals surface area contributed by atoms with Gasteiger partial charge in [-0.1, -0.05) is 39.0 Å². The lowest BCUT2D eigenvalue weighted by Crippen LogP contribution is -2.56. The average molecular weight is 383 g/mol. The second kappa shape index (κ2) is 11.7. The third-order valence-corrected chi connectivity index (χ3v) is 5.39. The van der Waals surface area contributed by atoms with Gasteiger partial charge >= 0.3 is 0 Å². The summed E-state index contributed by atoms with van der Waals surface area (Å²) in [5.74, 6) is 1.65. The van der Waals surface area contributed by atoms with Crippen LogP contribution in [0.4, 0.5) is 0 Å². The first-order valence-electron chi connectivity index (χ1n) is 10.5. The van der Waals surface area contributed by atoms with E-state index in [2.05, 4.69) is 12.2 Å². The molecule has 1 aliphatic heterocycles. The van der Waals surface area contributed by atoms with E-state index in [1.807, 2.05) is 18.4 Å². The summed E-state index contributed by atoms with van der Waals surface area (Å²) >= 11 is 0. The Morgan fingerprint density at radius 3 is 2.81 bits per heavy atom. The van der Waals surface area contributed by atoms with Crippen LogP contribution >= 0.6 is 0 Å². The van der Waals surface area contributed by atoms with Crippen LogP contribution in [0.2, 0.25) is 0 Å². The molecule has 0 aromatic rings. The zero-order valence-electron chi connectivity index (χ0n) is 16.7. The number of aliphatic hydroxyl groups is 2. The van der Waals surface area contributed by atoms with E-state index >= 15 is 0 Å². The highest BCUT2D eigenvalue weighted by molar-refractivity contribution is 5.20. The molecule has 3 atom stereocenters. The minimum Gasteiger partial charge on any atom is -0.494 e. The molecule has 1 saturated carbocycles. The Hall–Kier alpha value is -1.08. The molecule has 0 radical (unpaired) electrons. The lowest BCUT2D eigenvalue weighted by atomic mass is 9.88. The van der Waals surface area contributed by atoms with Crippen molar-refractivity contribution < 1.29 is 19.7 Å². The van der Waals surface area contributed by atoms with Crippen LogP contribution in [-0.4, -0.2) is 54.3 Å². The topological polar surface area (TPSA) is 97.0 Å². The number of unbranched alkanes of at least 4 members (excludes halogenated alkanes) is 3. The number of rotatable bonds is 15. The Morgan fingerprint density at radius 2 is 2.11 bits per heavy atom. The van der Waals surface area contributed by atoms with Crippen molar-refractivity contribution in [1.82, 2.24) is 5.32 Å². The van der Waals surface area contributed by atoms with Crippen LogP contribution in [0, 0.1) is 5.92 Å². The Morgan fingerprint density at radius 1 is 1.30 bits per heavy atom. The first-order valence-corrected chi connectivity index (χ1v) is 10.5. The monoisotopic (exact) mass is 382 g/mol. The van der Waals surface area contributed by atoms with Gasteiger partial charge in [0.2, 0.25) is 0 Å². The predicted octanol–water partition coefficient (Wildman–Crippen LogP) is 2.21. The van der Waals surface area contributed by atoms with E-state index in [4.69, 9.17) is 15.2 Å². The fourth-order valence-electron chi connectivity index (χ4n) is 3.23. The number of allylic oxidation sites excluding steroid dienone is 1. The van der Waals surface area contributed by atoms with Crippen molar-refractivity contribution in [2.45, 2.75) is 76.0 Å². The summed E-state index contributed by atoms with van der Waals surface area (Å²) in [6.07, 6.45) is 14.2. The molecule has 5 N–H and O–H groups in total. The molecule has 27 heavy (non-hydrogen) atoms. The standard InChI is InChI=1S/C21H38N2O4/c1-2-3-4-5-11-26-15-20(22)21(25,16-24)14-18-13-19(8-10-23-18)27-12-9-17-6-7-17/h8,10,13,17-18,20,23-25H,2-7,9,11-12,14-16,22H2,1H3. The van der Waals surface area contributed by atoms with Crippen molar-refractivity contribution in [2.24, 2.45) is 11.7 Å². The van der Waals surface area contributed by atoms with Crippen molar-refractivity contribution in [3.8, 4) is 0 Å². The van der Waals surface area contributed by atoms with E-state index in [0.717, 1.165) is 37.5 Å². The van der Waals surface area contributed by atoms with Crippen molar-refractivity contribution in [2.75, 3.05) is 26.4 Å². The van der Waals surface area contributed by atoms with Gasteiger partial charge in [0, 0.05) is 19.2 Å². The molecule has 1 fully saturated rings. The maximum atomic E-state index is 10.8. The second-order valence-electron chi connectivity index (χ2n) is 7.96. The molecule has 0 aromatic heterocycles. The molecular formula is C21H38N2O4. The molecular weight excluding hydrogens is 344 g/mol. The second-order valence-corrected chi connectivity index (χ2v) is 7.96. The fourth-order valence-corrected chi connectivity index (χ4v) is 3.23. The highest BCUT2D eigenvalue weighted by Crippen LogP contribution is 2.32. The van der Waals surface area contributed by atoms with Gasteiger partial charge in [-0.05, 0) is 30.9 Å². The molecule has 6 heteroatoms. The van der Waals surface area contributed by atoms with Gasteiger partial charge in [-0.25, -0.2) is 0 Å². The molecule has 0 aromatic carbocycles. The van der Waals surface area contributed by atoms with Gasteiger partial charge in [-0.15, -0.1) is 0 Å². The number of aliphatic hydroxyl groups excluding tert-OH is 1. The third kappa shape index (κ3) is 8.21. The Labute approximate surface area is 163 Å². The largest absolute Gasteiger partial charge is 0.494 e. The molecule has 156 valence electrons. The normalized spacial score (nSPS) is 22.7. The van der Waals surface area contributed by atoms with Crippen LogP contribution in [0.3, 0.4) is 0 Å². The van der Waals surface area contributed by atoms with E-state index in [1.54, 1.807) is 0 Å². The van der Waals surface area contributed by atoms with Gasteiger partial charge in [0.15, 0.2) is 0 Å². The van der Waals surface area contributed by atoms with Crippen LogP contribution in [0.1, 0.15) is 58.3 Å². The van der Waals surface area contributed by atoms with Gasteiger partial charge in [-0.3, -0.25) is 0 Å². The van der Waals surface area contributed by atoms with Gasteiger partial charge in [0.1, 0.15) is 11.4 Å². The molecule has 6 nitrogen and oxygen atoms in total. The summed E-state index contributed by atoms with van der Waals surface area (Å²) in [5.41, 5.74) is 4.74. The SMILES string of the molecule is CCCCCCOCC(N)C(O)(CO)CC1C=C(OCCC2CC2)C=CN1. The highest BCUT2D eigenvalue weighted by Gasteiger charge is 2.36. The van der Waals surface area contributed by atoms with Crippen LogP contribution in [0.15, 0.2) is 24.1 Å². The lowest BCUT2D eigenvalue weighted by molar-refractivity contribution is -0.0649. The minimum absolute atomic E-state index is 0.140. The number of hydrogen-bond donors (Lipinski definition) is 4. The first kappa shape index (κ1) is 22.2. The van der Waals surface area contributed by atoms with Crippen molar-refractivity contribution >= 4 is 0 Å². The number of hydrogen-bond acceptors (Lipinski definition) is 6. The van der Waals surface area contributed by atoms with E-state index in [1.165, 1.54) is 25.7 Å². The summed E-state index contributed by atoms with van der Waals surface area (Å²) in [6, 6.07) is -0.785. The van der Waals surface area contributed by atoms with Crippen molar-refractivity contribution in [3.63, 3.8) is 0 Å². The maximum absolute atomic E-state index is 10.8. The summed E-state index contributed by atoms with van der Waals surface area (Å²) in [4.78, 5) is 0. The molecule has 0 saturated heterocycles. The van der Waals surface area contributed by atoms with E-state index in [-0.39, 0.29) is 12.6 Å². The molecule has 0 amide bonds. The summed E-state index contributed by atoms with van der Waals surface area (Å²) in [5, 5.41) is 23.8. The van der Waals surface area contributed by atoms with Crippen molar-refractivity contribution in [1.29, 1.82) is 0 Å². The number of dihydropyridines is 1. The number of nitrogens with two attached hydrogens (primary N) is 1. The number of ether oxygens (including phenoxy) is 2. The van der Waals surface area contributed by atoms with Gasteiger partial charge in [0.05, 0.1) is 31.9 Å². The predicted molar refractivity (Wildman–Crippen MR) is 107 cm³/mol. The Bertz CT molecular complexity index is 479. The van der Waals surface area contributed by atoms with Gasteiger partial charge in [0.25, 0.3) is 0 Å². The van der Waals surface area contributed by atoms with Gasteiger partial charge < -0.3 is 30.7 Å².